The maximum atomic E-state index is 6.44. The number of thiazole rings is 1. The van der Waals surface area contributed by atoms with Gasteiger partial charge in [-0.15, -0.1) is 16.4 Å². The van der Waals surface area contributed by atoms with E-state index in [2.05, 4.69) is 49.2 Å². The van der Waals surface area contributed by atoms with Crippen LogP contribution in [-0.2, 0) is 19.4 Å². The predicted octanol–water partition coefficient (Wildman–Crippen LogP) is 4.68. The molecule has 3 aromatic heterocycles. The molecule has 7 nitrogen and oxygen atoms in total. The molecule has 0 aliphatic rings. The van der Waals surface area contributed by atoms with Crippen molar-refractivity contribution in [2.24, 2.45) is 0 Å². The smallest absolute Gasteiger partial charge is 0.175 e. The highest BCUT2D eigenvalue weighted by atomic mass is 35.5. The molecular formula is C21H22ClN7S. The zero-order chi connectivity index (χ0) is 20.8. The molecule has 4 rings (SSSR count). The van der Waals surface area contributed by atoms with E-state index < -0.39 is 0 Å². The van der Waals surface area contributed by atoms with Gasteiger partial charge in [0.15, 0.2) is 5.82 Å². The van der Waals surface area contributed by atoms with Crippen molar-refractivity contribution >= 4 is 34.6 Å². The average Bonchev–Trinajstić information content (AvgIpc) is 3.51. The van der Waals surface area contributed by atoms with Crippen molar-refractivity contribution in [3.63, 3.8) is 0 Å². The van der Waals surface area contributed by atoms with Gasteiger partial charge < -0.3 is 4.57 Å². The van der Waals surface area contributed by atoms with Crippen LogP contribution in [-0.4, -0.2) is 35.2 Å². The van der Waals surface area contributed by atoms with E-state index in [-0.39, 0.29) is 0 Å². The molecule has 0 aliphatic carbocycles. The average molecular weight is 440 g/mol. The Labute approximate surface area is 183 Å². The molecule has 0 amide bonds. The fourth-order valence-electron chi connectivity index (χ4n) is 3.25. The highest BCUT2D eigenvalue weighted by Gasteiger charge is 2.14. The first-order valence-corrected chi connectivity index (χ1v) is 11.2. The number of hydrogen-bond acceptors (Lipinski definition) is 6. The van der Waals surface area contributed by atoms with Crippen LogP contribution in [0.2, 0.25) is 5.02 Å². The number of nitrogens with one attached hydrogen (secondary N) is 1. The lowest BCUT2D eigenvalue weighted by molar-refractivity contribution is 0.675. The summed E-state index contributed by atoms with van der Waals surface area (Å²) >= 11 is 8.02. The summed E-state index contributed by atoms with van der Waals surface area (Å²) < 4.78 is 2.22. The molecular weight excluding hydrogens is 418 g/mol. The molecule has 0 saturated heterocycles. The Hall–Kier alpha value is -2.84. The number of nitrogens with zero attached hydrogens (tertiary/aromatic N) is 6. The minimum atomic E-state index is 0.627. The molecule has 0 fully saturated rings. The molecule has 0 radical (unpaired) electrons. The Morgan fingerprint density at radius 3 is 2.90 bits per heavy atom. The van der Waals surface area contributed by atoms with Crippen molar-refractivity contribution in [3.8, 4) is 0 Å². The van der Waals surface area contributed by atoms with Gasteiger partial charge in [-0.05, 0) is 34.6 Å². The lowest BCUT2D eigenvalue weighted by Crippen LogP contribution is -2.08. The molecule has 0 atom stereocenters. The van der Waals surface area contributed by atoms with Crippen LogP contribution in [0.25, 0.3) is 11.6 Å². The summed E-state index contributed by atoms with van der Waals surface area (Å²) in [5, 5.41) is 17.3. The van der Waals surface area contributed by atoms with Crippen molar-refractivity contribution in [2.75, 3.05) is 0 Å². The van der Waals surface area contributed by atoms with E-state index in [1.54, 1.807) is 11.3 Å². The second-order valence-corrected chi connectivity index (χ2v) is 8.08. The normalized spacial score (nSPS) is 11.9. The van der Waals surface area contributed by atoms with Gasteiger partial charge in [0.2, 0.25) is 0 Å². The largest absolute Gasteiger partial charge is 0.324 e. The molecule has 0 bridgehead atoms. The van der Waals surface area contributed by atoms with E-state index >= 15 is 0 Å². The van der Waals surface area contributed by atoms with E-state index in [0.717, 1.165) is 52.6 Å². The third-order valence-corrected chi connectivity index (χ3v) is 5.84. The number of aromatic amines is 1. The summed E-state index contributed by atoms with van der Waals surface area (Å²) in [6.07, 6.45) is 7.73. The fraction of sp³-hybridized carbons (Fsp3) is 0.286. The maximum Gasteiger partial charge on any atom is 0.175 e. The monoisotopic (exact) mass is 439 g/mol. The van der Waals surface area contributed by atoms with Crippen molar-refractivity contribution in [1.29, 1.82) is 0 Å². The number of H-pyrrole nitrogens is 1. The van der Waals surface area contributed by atoms with Crippen molar-refractivity contribution in [1.82, 2.24) is 35.2 Å². The van der Waals surface area contributed by atoms with Crippen LogP contribution in [0.1, 0.15) is 48.4 Å². The molecule has 0 spiro atoms. The molecule has 154 valence electrons. The molecule has 0 unspecified atom stereocenters. The first-order valence-electron chi connectivity index (χ1n) is 9.84. The number of aromatic nitrogens is 7. The van der Waals surface area contributed by atoms with Crippen LogP contribution in [0.5, 0.6) is 0 Å². The zero-order valence-corrected chi connectivity index (χ0v) is 18.2. The fourth-order valence-corrected chi connectivity index (χ4v) is 4.01. The molecule has 4 aromatic rings. The minimum absolute atomic E-state index is 0.627. The molecule has 1 N–H and O–H groups in total. The third-order valence-electron chi connectivity index (χ3n) is 4.84. The van der Waals surface area contributed by atoms with Gasteiger partial charge in [-0.25, -0.2) is 15.1 Å². The van der Waals surface area contributed by atoms with Crippen LogP contribution in [0.15, 0.2) is 41.4 Å². The lowest BCUT2D eigenvalue weighted by Gasteiger charge is -2.12. The summed E-state index contributed by atoms with van der Waals surface area (Å²) in [5.74, 6) is 1.68. The zero-order valence-electron chi connectivity index (χ0n) is 16.6. The van der Waals surface area contributed by atoms with Gasteiger partial charge in [0, 0.05) is 28.8 Å². The summed E-state index contributed by atoms with van der Waals surface area (Å²) in [6.45, 7) is 2.84. The standard InChI is InChI=1S/C21H22ClN7S/c1-2-3-8-20-23-11-18(29(20)12-15-6-4-5-7-19(15)22)10-16(21-25-27-28-26-21)9-17-13-30-14-24-17/h4-7,10-11,13-14H,2-3,8-9,12H2,1H3,(H,25,26,27,28)/b16-10+. The molecule has 3 heterocycles. The first-order chi connectivity index (χ1) is 14.7. The number of imidazole rings is 1. The molecule has 9 heteroatoms. The molecule has 1 aromatic carbocycles. The number of aryl methyl sites for hydroxylation is 1. The van der Waals surface area contributed by atoms with Crippen molar-refractivity contribution in [3.05, 3.63) is 75.0 Å². The Morgan fingerprint density at radius 1 is 1.27 bits per heavy atom. The van der Waals surface area contributed by atoms with Crippen LogP contribution in [0.3, 0.4) is 0 Å². The van der Waals surface area contributed by atoms with Gasteiger partial charge in [-0.1, -0.05) is 43.1 Å². The quantitative estimate of drug-likeness (QED) is 0.409. The van der Waals surface area contributed by atoms with E-state index in [0.29, 0.717) is 18.8 Å². The van der Waals surface area contributed by atoms with Crippen LogP contribution in [0, 0.1) is 0 Å². The predicted molar refractivity (Wildman–Crippen MR) is 119 cm³/mol. The number of benzene rings is 1. The van der Waals surface area contributed by atoms with E-state index in [1.165, 1.54) is 0 Å². The first kappa shape index (κ1) is 20.4. The number of tetrazole rings is 1. The molecule has 0 saturated carbocycles. The molecule has 0 aliphatic heterocycles. The van der Waals surface area contributed by atoms with Crippen LogP contribution in [0.4, 0.5) is 0 Å². The summed E-state index contributed by atoms with van der Waals surface area (Å²) in [6, 6.07) is 7.92. The summed E-state index contributed by atoms with van der Waals surface area (Å²) in [7, 11) is 0. The molecule has 30 heavy (non-hydrogen) atoms. The lowest BCUT2D eigenvalue weighted by atomic mass is 10.1. The van der Waals surface area contributed by atoms with Crippen molar-refractivity contribution in [2.45, 2.75) is 39.2 Å². The Morgan fingerprint density at radius 2 is 2.17 bits per heavy atom. The summed E-state index contributed by atoms with van der Waals surface area (Å²) in [4.78, 5) is 9.12. The van der Waals surface area contributed by atoms with Gasteiger partial charge >= 0.3 is 0 Å². The number of halogens is 1. The van der Waals surface area contributed by atoms with Gasteiger partial charge in [0.25, 0.3) is 0 Å². The third kappa shape index (κ3) is 4.83. The van der Waals surface area contributed by atoms with Gasteiger partial charge in [0.05, 0.1) is 29.6 Å². The highest BCUT2D eigenvalue weighted by Crippen LogP contribution is 2.23. The van der Waals surface area contributed by atoms with E-state index in [1.807, 2.05) is 35.3 Å². The second-order valence-electron chi connectivity index (χ2n) is 6.96. The Bertz CT molecular complexity index is 1100. The van der Waals surface area contributed by atoms with Gasteiger partial charge in [-0.3, -0.25) is 0 Å². The van der Waals surface area contributed by atoms with Crippen LogP contribution < -0.4 is 0 Å². The summed E-state index contributed by atoms with van der Waals surface area (Å²) in [5.41, 5.74) is 5.81. The number of allylic oxidation sites excluding steroid dienone is 1. The highest BCUT2D eigenvalue weighted by molar-refractivity contribution is 7.07. The number of unbranched alkanes of at least 4 members (excludes halogenated alkanes) is 1. The Balaban J connectivity index is 1.74. The van der Waals surface area contributed by atoms with Crippen molar-refractivity contribution < 1.29 is 0 Å². The maximum absolute atomic E-state index is 6.44. The van der Waals surface area contributed by atoms with E-state index in [4.69, 9.17) is 16.6 Å². The van der Waals surface area contributed by atoms with Gasteiger partial charge in [-0.2, -0.15) is 0 Å². The SMILES string of the molecule is CCCCc1ncc(/C=C(\Cc2cscn2)c2nnn[nH]2)n1Cc1ccccc1Cl. The minimum Gasteiger partial charge on any atom is -0.324 e. The Kier molecular flexibility index (Phi) is 6.66. The van der Waals surface area contributed by atoms with Crippen LogP contribution >= 0.6 is 22.9 Å². The van der Waals surface area contributed by atoms with E-state index in [9.17, 15) is 0 Å². The topological polar surface area (TPSA) is 85.2 Å². The van der Waals surface area contributed by atoms with Gasteiger partial charge in [0.1, 0.15) is 5.82 Å². The number of rotatable bonds is 9. The second kappa shape index (κ2) is 9.77. The number of hydrogen-bond donors (Lipinski definition) is 1.